The molecule has 0 amide bonds. The molecule has 0 aromatic heterocycles. The Bertz CT molecular complexity index is 638. The van der Waals surface area contributed by atoms with E-state index in [0.717, 1.165) is 11.8 Å². The maximum Gasteiger partial charge on any atom is 0.573 e. The molecule has 0 fully saturated rings. The first-order valence-corrected chi connectivity index (χ1v) is 6.09. The summed E-state index contributed by atoms with van der Waals surface area (Å²) in [5, 5.41) is 0. The summed E-state index contributed by atoms with van der Waals surface area (Å²) in [6.07, 6.45) is -4.78. The van der Waals surface area contributed by atoms with Gasteiger partial charge in [-0.3, -0.25) is 0 Å². The molecule has 0 aliphatic carbocycles. The van der Waals surface area contributed by atoms with E-state index in [2.05, 4.69) is 4.74 Å². The molecule has 0 bridgehead atoms. The van der Waals surface area contributed by atoms with Gasteiger partial charge in [0.15, 0.2) is 0 Å². The van der Waals surface area contributed by atoms with Gasteiger partial charge >= 0.3 is 6.36 Å². The van der Waals surface area contributed by atoms with E-state index in [0.29, 0.717) is 5.56 Å². The lowest BCUT2D eigenvalue weighted by Gasteiger charge is -2.15. The van der Waals surface area contributed by atoms with Crippen LogP contribution in [0, 0.1) is 5.82 Å². The molecule has 0 aliphatic rings. The van der Waals surface area contributed by atoms with Gasteiger partial charge in [-0.15, -0.1) is 13.2 Å². The Kier molecular flexibility index (Phi) is 4.06. The van der Waals surface area contributed by atoms with E-state index >= 15 is 0 Å². The van der Waals surface area contributed by atoms with Crippen molar-refractivity contribution in [1.82, 2.24) is 0 Å². The number of nitrogens with zero attached hydrogens (tertiary/aromatic N) is 1. The highest BCUT2D eigenvalue weighted by molar-refractivity contribution is 5.70. The molecule has 0 unspecified atom stereocenters. The molecule has 2 nitrogen and oxygen atoms in total. The van der Waals surface area contributed by atoms with Crippen molar-refractivity contribution in [2.24, 2.45) is 0 Å². The molecule has 0 heterocycles. The summed E-state index contributed by atoms with van der Waals surface area (Å²) in [6.45, 7) is 0. The topological polar surface area (TPSA) is 12.5 Å². The van der Waals surface area contributed by atoms with Crippen molar-refractivity contribution in [3.63, 3.8) is 0 Å². The Hall–Kier alpha value is -2.24. The van der Waals surface area contributed by atoms with E-state index in [4.69, 9.17) is 0 Å². The van der Waals surface area contributed by atoms with E-state index in [-0.39, 0.29) is 11.3 Å². The number of benzene rings is 2. The van der Waals surface area contributed by atoms with Crippen LogP contribution >= 0.6 is 0 Å². The summed E-state index contributed by atoms with van der Waals surface area (Å²) in [7, 11) is 3.58. The minimum absolute atomic E-state index is 0.217. The van der Waals surface area contributed by atoms with Crippen molar-refractivity contribution in [2.45, 2.75) is 6.36 Å². The average Bonchev–Trinajstić information content (AvgIpc) is 2.37. The second-order valence-corrected chi connectivity index (χ2v) is 4.63. The molecule has 0 saturated carbocycles. The van der Waals surface area contributed by atoms with Gasteiger partial charge in [0.25, 0.3) is 0 Å². The van der Waals surface area contributed by atoms with Crippen LogP contribution in [0.3, 0.4) is 0 Å². The van der Waals surface area contributed by atoms with Crippen LogP contribution < -0.4 is 9.64 Å². The SMILES string of the molecule is CN(C)c1ccc(F)c(-c2cccc(OC(F)(F)F)c2)c1. The Balaban J connectivity index is 2.42. The van der Waals surface area contributed by atoms with Gasteiger partial charge < -0.3 is 9.64 Å². The predicted octanol–water partition coefficient (Wildman–Crippen LogP) is 4.46. The summed E-state index contributed by atoms with van der Waals surface area (Å²) in [6, 6.07) is 9.69. The van der Waals surface area contributed by atoms with E-state index in [9.17, 15) is 17.6 Å². The van der Waals surface area contributed by atoms with Crippen LogP contribution in [-0.4, -0.2) is 20.5 Å². The summed E-state index contributed by atoms with van der Waals surface area (Å²) in [4.78, 5) is 1.78. The molecule has 2 rings (SSSR count). The van der Waals surface area contributed by atoms with Gasteiger partial charge in [0.05, 0.1) is 0 Å². The smallest absolute Gasteiger partial charge is 0.406 e. The maximum atomic E-state index is 13.9. The predicted molar refractivity (Wildman–Crippen MR) is 72.8 cm³/mol. The van der Waals surface area contributed by atoms with Gasteiger partial charge in [-0.05, 0) is 35.9 Å². The van der Waals surface area contributed by atoms with Crippen molar-refractivity contribution in [3.8, 4) is 16.9 Å². The third-order valence-electron chi connectivity index (χ3n) is 2.84. The Morgan fingerprint density at radius 1 is 1.00 bits per heavy atom. The summed E-state index contributed by atoms with van der Waals surface area (Å²) < 4.78 is 54.4. The zero-order valence-electron chi connectivity index (χ0n) is 11.4. The lowest BCUT2D eigenvalue weighted by atomic mass is 10.0. The van der Waals surface area contributed by atoms with Crippen molar-refractivity contribution >= 4 is 5.69 Å². The van der Waals surface area contributed by atoms with Crippen LogP contribution in [-0.2, 0) is 0 Å². The molecule has 0 N–H and O–H groups in total. The Morgan fingerprint density at radius 3 is 2.33 bits per heavy atom. The van der Waals surface area contributed by atoms with Crippen molar-refractivity contribution in [2.75, 3.05) is 19.0 Å². The largest absolute Gasteiger partial charge is 0.573 e. The normalized spacial score (nSPS) is 11.3. The molecule has 0 saturated heterocycles. The van der Waals surface area contributed by atoms with Gasteiger partial charge in [-0.1, -0.05) is 12.1 Å². The zero-order chi connectivity index (χ0) is 15.6. The van der Waals surface area contributed by atoms with Crippen molar-refractivity contribution < 1.29 is 22.3 Å². The molecule has 0 aliphatic heterocycles. The molecule has 112 valence electrons. The molecule has 2 aromatic carbocycles. The highest BCUT2D eigenvalue weighted by Crippen LogP contribution is 2.31. The van der Waals surface area contributed by atoms with E-state index in [1.54, 1.807) is 31.1 Å². The number of ether oxygens (including phenoxy) is 1. The fourth-order valence-corrected chi connectivity index (χ4v) is 1.87. The van der Waals surface area contributed by atoms with E-state index < -0.39 is 12.2 Å². The zero-order valence-corrected chi connectivity index (χ0v) is 11.4. The first-order valence-electron chi connectivity index (χ1n) is 6.09. The van der Waals surface area contributed by atoms with Gasteiger partial charge in [-0.25, -0.2) is 4.39 Å². The molecular weight excluding hydrogens is 286 g/mol. The number of hydrogen-bond acceptors (Lipinski definition) is 2. The monoisotopic (exact) mass is 299 g/mol. The molecule has 0 spiro atoms. The number of rotatable bonds is 3. The fourth-order valence-electron chi connectivity index (χ4n) is 1.87. The Morgan fingerprint density at radius 2 is 1.71 bits per heavy atom. The molecule has 6 heteroatoms. The minimum atomic E-state index is -4.78. The summed E-state index contributed by atoms with van der Waals surface area (Å²) in [5.74, 6) is -0.889. The molecule has 0 atom stereocenters. The number of alkyl halides is 3. The van der Waals surface area contributed by atoms with Crippen molar-refractivity contribution in [1.29, 1.82) is 0 Å². The lowest BCUT2D eigenvalue weighted by Crippen LogP contribution is -2.17. The van der Waals surface area contributed by atoms with E-state index in [1.807, 2.05) is 0 Å². The second-order valence-electron chi connectivity index (χ2n) is 4.63. The quantitative estimate of drug-likeness (QED) is 0.776. The van der Waals surface area contributed by atoms with Crippen LogP contribution in [0.2, 0.25) is 0 Å². The van der Waals surface area contributed by atoms with Gasteiger partial charge in [0.2, 0.25) is 0 Å². The first kappa shape index (κ1) is 15.2. The maximum absolute atomic E-state index is 13.9. The molecule has 21 heavy (non-hydrogen) atoms. The summed E-state index contributed by atoms with van der Waals surface area (Å²) >= 11 is 0. The van der Waals surface area contributed by atoms with Crippen molar-refractivity contribution in [3.05, 3.63) is 48.3 Å². The number of halogens is 4. The third-order valence-corrected chi connectivity index (χ3v) is 2.84. The lowest BCUT2D eigenvalue weighted by molar-refractivity contribution is -0.274. The minimum Gasteiger partial charge on any atom is -0.406 e. The van der Waals surface area contributed by atoms with Gasteiger partial charge in [-0.2, -0.15) is 0 Å². The van der Waals surface area contributed by atoms with Crippen LogP contribution in [0.25, 0.3) is 11.1 Å². The number of anilines is 1. The fraction of sp³-hybridized carbons (Fsp3) is 0.200. The van der Waals surface area contributed by atoms with Gasteiger partial charge in [0, 0.05) is 25.3 Å². The standard InChI is InChI=1S/C15H13F4NO/c1-20(2)11-6-7-14(16)13(9-11)10-4-3-5-12(8-10)21-15(17,18)19/h3-9H,1-2H3. The van der Waals surface area contributed by atoms with Gasteiger partial charge in [0.1, 0.15) is 11.6 Å². The first-order chi connectivity index (χ1) is 9.76. The molecule has 0 radical (unpaired) electrons. The number of hydrogen-bond donors (Lipinski definition) is 0. The van der Waals surface area contributed by atoms with Crippen LogP contribution in [0.1, 0.15) is 0 Å². The van der Waals surface area contributed by atoms with Crippen LogP contribution in [0.5, 0.6) is 5.75 Å². The second kappa shape index (κ2) is 5.63. The van der Waals surface area contributed by atoms with Crippen LogP contribution in [0.15, 0.2) is 42.5 Å². The Labute approximate surface area is 119 Å². The third kappa shape index (κ3) is 3.87. The van der Waals surface area contributed by atoms with E-state index in [1.165, 1.54) is 24.3 Å². The summed E-state index contributed by atoms with van der Waals surface area (Å²) in [5.41, 5.74) is 1.28. The van der Waals surface area contributed by atoms with Crippen LogP contribution in [0.4, 0.5) is 23.2 Å². The molecule has 2 aromatic rings. The highest BCUT2D eigenvalue weighted by Gasteiger charge is 2.31. The average molecular weight is 299 g/mol. The molecular formula is C15H13F4NO. The highest BCUT2D eigenvalue weighted by atomic mass is 19.4.